The summed E-state index contributed by atoms with van der Waals surface area (Å²) >= 11 is 0. The summed E-state index contributed by atoms with van der Waals surface area (Å²) in [5.74, 6) is 1.15. The Morgan fingerprint density at radius 3 is 2.75 bits per heavy atom. The first kappa shape index (κ1) is 7.99. The smallest absolute Gasteiger partial charge is 0.158 e. The van der Waals surface area contributed by atoms with Crippen molar-refractivity contribution in [2.45, 2.75) is 20.0 Å². The number of aliphatic hydroxyl groups excluding tert-OH is 1. The van der Waals surface area contributed by atoms with Crippen molar-refractivity contribution in [2.24, 2.45) is 23.7 Å². The standard InChI is InChI=1S/C10H14O2/c1-5-7-3-4-8(11)6(2)9(7)10(5)12/h3-7,9-10,12H,1-2H3/t5-,6+,7+,9+,10+/m1/s1. The molecule has 2 aliphatic carbocycles. The predicted octanol–water partition coefficient (Wildman–Crippen LogP) is 1.00. The summed E-state index contributed by atoms with van der Waals surface area (Å²) in [5, 5.41) is 9.61. The van der Waals surface area contributed by atoms with Crippen molar-refractivity contribution in [2.75, 3.05) is 0 Å². The molecule has 0 radical (unpaired) electrons. The van der Waals surface area contributed by atoms with Gasteiger partial charge < -0.3 is 5.11 Å². The van der Waals surface area contributed by atoms with Gasteiger partial charge in [0.15, 0.2) is 5.78 Å². The Morgan fingerprint density at radius 1 is 1.42 bits per heavy atom. The van der Waals surface area contributed by atoms with Crippen LogP contribution in [-0.4, -0.2) is 17.0 Å². The summed E-state index contributed by atoms with van der Waals surface area (Å²) in [5.41, 5.74) is 0. The SMILES string of the molecule is C[C@H]1[C@H](O)[C@@H]2[C@H]1C=CC(=O)[C@@H]2C. The lowest BCUT2D eigenvalue weighted by atomic mass is 9.56. The summed E-state index contributed by atoms with van der Waals surface area (Å²) in [4.78, 5) is 11.2. The van der Waals surface area contributed by atoms with E-state index in [0.717, 1.165) is 0 Å². The molecule has 2 nitrogen and oxygen atoms in total. The van der Waals surface area contributed by atoms with Crippen molar-refractivity contribution in [3.8, 4) is 0 Å². The van der Waals surface area contributed by atoms with Crippen molar-refractivity contribution in [1.82, 2.24) is 0 Å². The zero-order chi connectivity index (χ0) is 8.88. The molecule has 0 unspecified atom stereocenters. The van der Waals surface area contributed by atoms with Gasteiger partial charge in [0.25, 0.3) is 0 Å². The Hall–Kier alpha value is -0.630. The molecular formula is C10H14O2. The van der Waals surface area contributed by atoms with E-state index in [-0.39, 0.29) is 23.7 Å². The molecule has 0 bridgehead atoms. The number of ketones is 1. The Balaban J connectivity index is 2.24. The maximum Gasteiger partial charge on any atom is 0.158 e. The molecule has 1 fully saturated rings. The number of carbonyl (C=O) groups excluding carboxylic acids is 1. The normalized spacial score (nSPS) is 51.6. The van der Waals surface area contributed by atoms with Gasteiger partial charge in [-0.2, -0.15) is 0 Å². The second-order valence-corrected chi connectivity index (χ2v) is 4.05. The first-order valence-electron chi connectivity index (χ1n) is 4.53. The van der Waals surface area contributed by atoms with Crippen LogP contribution in [0.4, 0.5) is 0 Å². The van der Waals surface area contributed by atoms with Crippen LogP contribution in [0, 0.1) is 23.7 Å². The maximum absolute atomic E-state index is 11.2. The Bertz CT molecular complexity index is 244. The van der Waals surface area contributed by atoms with Gasteiger partial charge in [0.1, 0.15) is 0 Å². The highest BCUT2D eigenvalue weighted by atomic mass is 16.3. The lowest BCUT2D eigenvalue weighted by Crippen LogP contribution is -2.54. The van der Waals surface area contributed by atoms with Gasteiger partial charge in [-0.3, -0.25) is 4.79 Å². The molecule has 2 rings (SSSR count). The Morgan fingerprint density at radius 2 is 2.08 bits per heavy atom. The number of rotatable bonds is 0. The van der Waals surface area contributed by atoms with Gasteiger partial charge in [-0.1, -0.05) is 19.9 Å². The predicted molar refractivity (Wildman–Crippen MR) is 45.5 cm³/mol. The molecule has 0 amide bonds. The lowest BCUT2D eigenvalue weighted by molar-refractivity contribution is -0.137. The lowest BCUT2D eigenvalue weighted by Gasteiger charge is -2.50. The van der Waals surface area contributed by atoms with Gasteiger partial charge in [0, 0.05) is 11.8 Å². The van der Waals surface area contributed by atoms with E-state index < -0.39 is 0 Å². The van der Waals surface area contributed by atoms with Crippen molar-refractivity contribution >= 4 is 5.78 Å². The van der Waals surface area contributed by atoms with E-state index in [1.807, 2.05) is 19.9 Å². The number of allylic oxidation sites excluding steroid dienone is 2. The molecule has 12 heavy (non-hydrogen) atoms. The van der Waals surface area contributed by atoms with Crippen LogP contribution >= 0.6 is 0 Å². The second-order valence-electron chi connectivity index (χ2n) is 4.05. The molecule has 0 aromatic heterocycles. The van der Waals surface area contributed by atoms with Gasteiger partial charge in [0.05, 0.1) is 6.10 Å². The van der Waals surface area contributed by atoms with E-state index in [1.165, 1.54) is 0 Å². The van der Waals surface area contributed by atoms with Crippen molar-refractivity contribution in [1.29, 1.82) is 0 Å². The molecule has 5 atom stereocenters. The van der Waals surface area contributed by atoms with Crippen molar-refractivity contribution in [3.63, 3.8) is 0 Å². The Kier molecular flexibility index (Phi) is 1.62. The van der Waals surface area contributed by atoms with E-state index in [4.69, 9.17) is 0 Å². The molecule has 0 aromatic carbocycles. The van der Waals surface area contributed by atoms with E-state index in [9.17, 15) is 9.90 Å². The number of hydrogen-bond acceptors (Lipinski definition) is 2. The molecule has 0 aromatic rings. The van der Waals surface area contributed by atoms with Crippen LogP contribution < -0.4 is 0 Å². The summed E-state index contributed by atoms with van der Waals surface area (Å²) in [7, 11) is 0. The molecule has 0 spiro atoms. The van der Waals surface area contributed by atoms with Crippen molar-refractivity contribution in [3.05, 3.63) is 12.2 Å². The zero-order valence-electron chi connectivity index (χ0n) is 7.40. The minimum atomic E-state index is -0.265. The summed E-state index contributed by atoms with van der Waals surface area (Å²) in [6.45, 7) is 3.96. The topological polar surface area (TPSA) is 37.3 Å². The largest absolute Gasteiger partial charge is 0.392 e. The highest BCUT2D eigenvalue weighted by molar-refractivity contribution is 5.93. The molecule has 1 saturated carbocycles. The number of aliphatic hydroxyl groups is 1. The first-order chi connectivity index (χ1) is 5.63. The number of hydrogen-bond donors (Lipinski definition) is 1. The molecule has 0 saturated heterocycles. The van der Waals surface area contributed by atoms with Gasteiger partial charge in [-0.15, -0.1) is 0 Å². The molecule has 2 aliphatic rings. The maximum atomic E-state index is 11.2. The highest BCUT2D eigenvalue weighted by Crippen LogP contribution is 2.47. The Labute approximate surface area is 72.3 Å². The van der Waals surface area contributed by atoms with Gasteiger partial charge in [-0.25, -0.2) is 0 Å². The van der Waals surface area contributed by atoms with Crippen LogP contribution in [0.15, 0.2) is 12.2 Å². The molecular weight excluding hydrogens is 152 g/mol. The van der Waals surface area contributed by atoms with Crippen LogP contribution in [-0.2, 0) is 4.79 Å². The van der Waals surface area contributed by atoms with Crippen LogP contribution in [0.2, 0.25) is 0 Å². The summed E-state index contributed by atoms with van der Waals surface area (Å²) in [6.07, 6.45) is 3.37. The molecule has 0 heterocycles. The quantitative estimate of drug-likeness (QED) is 0.583. The molecule has 1 N–H and O–H groups in total. The third-order valence-electron chi connectivity index (χ3n) is 3.49. The third kappa shape index (κ3) is 0.816. The minimum Gasteiger partial charge on any atom is -0.392 e. The molecule has 66 valence electrons. The van der Waals surface area contributed by atoms with Gasteiger partial charge >= 0.3 is 0 Å². The van der Waals surface area contributed by atoms with Crippen molar-refractivity contribution < 1.29 is 9.90 Å². The average molecular weight is 166 g/mol. The van der Waals surface area contributed by atoms with Gasteiger partial charge in [0.2, 0.25) is 0 Å². The number of fused-ring (bicyclic) bond motifs is 1. The van der Waals surface area contributed by atoms with Crippen LogP contribution in [0.25, 0.3) is 0 Å². The second kappa shape index (κ2) is 2.43. The fourth-order valence-electron chi connectivity index (χ4n) is 2.49. The summed E-state index contributed by atoms with van der Waals surface area (Å²) < 4.78 is 0. The third-order valence-corrected chi connectivity index (χ3v) is 3.49. The van der Waals surface area contributed by atoms with Crippen LogP contribution in [0.5, 0.6) is 0 Å². The molecule has 0 aliphatic heterocycles. The van der Waals surface area contributed by atoms with E-state index in [2.05, 4.69) is 0 Å². The molecule has 2 heteroatoms. The monoisotopic (exact) mass is 166 g/mol. The van der Waals surface area contributed by atoms with Crippen LogP contribution in [0.3, 0.4) is 0 Å². The average Bonchev–Trinajstić information content (AvgIpc) is 2.08. The highest BCUT2D eigenvalue weighted by Gasteiger charge is 2.50. The van der Waals surface area contributed by atoms with Gasteiger partial charge in [-0.05, 0) is 17.9 Å². The fourth-order valence-corrected chi connectivity index (χ4v) is 2.49. The first-order valence-corrected chi connectivity index (χ1v) is 4.53. The van der Waals surface area contributed by atoms with E-state index >= 15 is 0 Å². The number of carbonyl (C=O) groups is 1. The van der Waals surface area contributed by atoms with E-state index in [0.29, 0.717) is 11.8 Å². The van der Waals surface area contributed by atoms with Crippen LogP contribution in [0.1, 0.15) is 13.8 Å². The summed E-state index contributed by atoms with van der Waals surface area (Å²) in [6, 6.07) is 0. The zero-order valence-corrected chi connectivity index (χ0v) is 7.40. The minimum absolute atomic E-state index is 0.0196. The van der Waals surface area contributed by atoms with E-state index in [1.54, 1.807) is 6.08 Å². The fraction of sp³-hybridized carbons (Fsp3) is 0.700.